The van der Waals surface area contributed by atoms with Crippen LogP contribution in [0.4, 0.5) is 0 Å². The van der Waals surface area contributed by atoms with E-state index in [2.05, 4.69) is 60.1 Å². The van der Waals surface area contributed by atoms with E-state index in [1.54, 1.807) is 13.5 Å². The van der Waals surface area contributed by atoms with E-state index in [1.165, 1.54) is 0 Å². The molecule has 2 radical (unpaired) electrons. The Labute approximate surface area is 152 Å². The fraction of sp³-hybridized carbons (Fsp3) is 0.556. The Balaban J connectivity index is 0.000000622. The molecule has 0 aromatic carbocycles. The number of allylic oxidation sites excluding steroid dienone is 5. The van der Waals surface area contributed by atoms with Gasteiger partial charge in [-0.2, -0.15) is 0 Å². The van der Waals surface area contributed by atoms with Gasteiger partial charge >= 0.3 is 0 Å². The van der Waals surface area contributed by atoms with Gasteiger partial charge in [0.05, 0.1) is 16.1 Å². The van der Waals surface area contributed by atoms with Crippen LogP contribution in [0.5, 0.6) is 0 Å². The Bertz CT molecular complexity index is 497. The van der Waals surface area contributed by atoms with E-state index in [0.29, 0.717) is 5.41 Å². The third-order valence-corrected chi connectivity index (χ3v) is 11.7. The van der Waals surface area contributed by atoms with Crippen molar-refractivity contribution in [3.8, 4) is 0 Å². The van der Waals surface area contributed by atoms with Gasteiger partial charge in [0.1, 0.15) is 0 Å². The van der Waals surface area contributed by atoms with Crippen LogP contribution in [0.2, 0.25) is 39.3 Å². The summed E-state index contributed by atoms with van der Waals surface area (Å²) in [5.41, 5.74) is 0.375. The summed E-state index contributed by atoms with van der Waals surface area (Å²) in [7, 11) is -0.651. The molecule has 0 unspecified atom stereocenters. The predicted molar refractivity (Wildman–Crippen MR) is 108 cm³/mol. The minimum atomic E-state index is -1.15. The first kappa shape index (κ1) is 22.3. The topological polar surface area (TPSA) is 0 Å². The molecule has 0 aromatic heterocycles. The zero-order chi connectivity index (χ0) is 16.5. The fourth-order valence-electron chi connectivity index (χ4n) is 2.40. The Morgan fingerprint density at radius 1 is 0.773 bits per heavy atom. The van der Waals surface area contributed by atoms with Crippen LogP contribution in [-0.2, 0) is 16.8 Å². The maximum Gasteiger partial charge on any atom is 0.0833 e. The van der Waals surface area contributed by atoms with E-state index in [1.807, 2.05) is 40.9 Å². The maximum atomic E-state index is 2.50. The summed E-state index contributed by atoms with van der Waals surface area (Å²) < 4.78 is 0. The maximum absolute atomic E-state index is 2.50. The largest absolute Gasteiger partial charge is 0.0833 e. The molecule has 2 rings (SSSR count). The van der Waals surface area contributed by atoms with Gasteiger partial charge in [-0.15, -0.1) is 0 Å². The Kier molecular flexibility index (Phi) is 8.06. The van der Waals surface area contributed by atoms with Crippen molar-refractivity contribution in [1.82, 2.24) is 0 Å². The molecule has 22 heavy (non-hydrogen) atoms. The van der Waals surface area contributed by atoms with Crippen LogP contribution in [-0.4, -0.2) is 21.4 Å². The molecule has 0 atom stereocenters. The van der Waals surface area contributed by atoms with E-state index in [4.69, 9.17) is 0 Å². The molecule has 0 nitrogen and oxygen atoms in total. The van der Waals surface area contributed by atoms with E-state index >= 15 is 0 Å². The van der Waals surface area contributed by atoms with Gasteiger partial charge in [-0.25, -0.2) is 0 Å². The predicted octanol–water partition coefficient (Wildman–Crippen LogP) is 6.49. The molecule has 4 heteroatoms. The van der Waals surface area contributed by atoms with Crippen molar-refractivity contribution in [2.45, 2.75) is 60.1 Å². The average molecular weight is 395 g/mol. The van der Waals surface area contributed by atoms with Gasteiger partial charge in [0, 0.05) is 23.2 Å². The molecule has 0 amide bonds. The van der Waals surface area contributed by atoms with E-state index in [-0.39, 0.29) is 16.8 Å². The molecule has 0 saturated carbocycles. The smallest absolute Gasteiger partial charge is 0.0767 e. The van der Waals surface area contributed by atoms with Gasteiger partial charge in [0.25, 0.3) is 0 Å². The molecule has 0 fully saturated rings. The van der Waals surface area contributed by atoms with Gasteiger partial charge in [0.15, 0.2) is 0 Å². The van der Waals surface area contributed by atoms with Crippen LogP contribution in [0.25, 0.3) is 0 Å². The number of hydrogen-bond acceptors (Lipinski definition) is 0. The van der Waals surface area contributed by atoms with Crippen LogP contribution in [0.3, 0.4) is 0 Å². The van der Waals surface area contributed by atoms with Gasteiger partial charge in [-0.05, 0) is 20.8 Å². The summed E-state index contributed by atoms with van der Waals surface area (Å²) in [5, 5.41) is 3.57. The van der Waals surface area contributed by atoms with Crippen molar-refractivity contribution >= 4 is 29.6 Å². The Hall–Kier alpha value is 0.330. The zero-order valence-corrected chi connectivity index (χ0v) is 19.6. The third-order valence-electron chi connectivity index (χ3n) is 3.42. The molecule has 0 N–H and O–H groups in total. The summed E-state index contributed by atoms with van der Waals surface area (Å²) in [6, 6.07) is 0. The van der Waals surface area contributed by atoms with Crippen molar-refractivity contribution in [1.29, 1.82) is 0 Å². The minimum absolute atomic E-state index is 0. The van der Waals surface area contributed by atoms with Gasteiger partial charge in [-0.1, -0.05) is 92.6 Å². The summed E-state index contributed by atoms with van der Waals surface area (Å²) in [6.07, 6.45) is 10.0. The quantitative estimate of drug-likeness (QED) is 0.371. The van der Waals surface area contributed by atoms with Crippen molar-refractivity contribution in [3.05, 3.63) is 40.9 Å². The SMILES string of the molecule is CC(C)(C)C1=PC([Si](C)(C)C)=C1[Si](C)(C)C.[CH]1C=CC=C1.[Co]. The molecule has 0 spiro atoms. The molecule has 0 aromatic rings. The molecule has 1 aliphatic heterocycles. The standard InChI is InChI=1S/C13H27PSi2.C5H5.Co/c1-13(2,3)11-10(15(4,5)6)12(14-11)16(7,8)9;1-2-4-5-3-1;/h1-9H3;1-5H;. The van der Waals surface area contributed by atoms with Crippen molar-refractivity contribution < 1.29 is 16.8 Å². The van der Waals surface area contributed by atoms with Crippen molar-refractivity contribution in [2.75, 3.05) is 0 Å². The molecule has 0 bridgehead atoms. The first-order valence-corrected chi connectivity index (χ1v) is 15.8. The summed E-state index contributed by atoms with van der Waals surface area (Å²) in [5.74, 6) is 0. The monoisotopic (exact) mass is 394 g/mol. The Morgan fingerprint density at radius 3 is 1.45 bits per heavy atom. The van der Waals surface area contributed by atoms with Crippen LogP contribution >= 0.6 is 8.20 Å². The first-order valence-electron chi connectivity index (χ1n) is 7.86. The second-order valence-electron chi connectivity index (χ2n) is 8.90. The van der Waals surface area contributed by atoms with Crippen molar-refractivity contribution in [2.24, 2.45) is 5.41 Å². The third kappa shape index (κ3) is 6.09. The normalized spacial score (nSPS) is 18.1. The van der Waals surface area contributed by atoms with E-state index in [0.717, 1.165) is 0 Å². The number of rotatable bonds is 2. The molecule has 2 aliphatic rings. The molecular weight excluding hydrogens is 362 g/mol. The zero-order valence-electron chi connectivity index (χ0n) is 15.7. The van der Waals surface area contributed by atoms with Crippen LogP contribution in [0, 0.1) is 11.8 Å². The van der Waals surface area contributed by atoms with Gasteiger partial charge in [0.2, 0.25) is 0 Å². The fourth-order valence-corrected chi connectivity index (χ4v) is 12.3. The van der Waals surface area contributed by atoms with Gasteiger partial charge < -0.3 is 0 Å². The minimum Gasteiger partial charge on any atom is -0.0767 e. The van der Waals surface area contributed by atoms with Gasteiger partial charge in [-0.3, -0.25) is 0 Å². The molecule has 126 valence electrons. The average Bonchev–Trinajstić information content (AvgIpc) is 2.63. The first-order chi connectivity index (χ1) is 9.35. The van der Waals surface area contributed by atoms with Crippen LogP contribution in [0.15, 0.2) is 34.4 Å². The second-order valence-corrected chi connectivity index (χ2v) is 20.4. The summed E-state index contributed by atoms with van der Waals surface area (Å²) >= 11 is 0. The van der Waals surface area contributed by atoms with Crippen molar-refractivity contribution in [3.63, 3.8) is 0 Å². The van der Waals surface area contributed by atoms with E-state index in [9.17, 15) is 0 Å². The number of hydrogen-bond donors (Lipinski definition) is 0. The summed E-state index contributed by atoms with van der Waals surface area (Å²) in [6.45, 7) is 22.1. The van der Waals surface area contributed by atoms with Crippen LogP contribution < -0.4 is 0 Å². The second kappa shape index (κ2) is 7.94. The molecule has 1 heterocycles. The van der Waals surface area contributed by atoms with Crippen LogP contribution in [0.1, 0.15) is 20.8 Å². The Morgan fingerprint density at radius 2 is 1.23 bits per heavy atom. The molecular formula is C18H32CoPSi2. The molecule has 0 saturated heterocycles. The summed E-state index contributed by atoms with van der Waals surface area (Å²) in [4.78, 5) is 1.84. The van der Waals surface area contributed by atoms with E-state index < -0.39 is 16.1 Å². The molecule has 1 aliphatic carbocycles.